The zero-order chi connectivity index (χ0) is 29.3. The van der Waals surface area contributed by atoms with Crippen LogP contribution in [0.2, 0.25) is 0 Å². The Morgan fingerprint density at radius 2 is 1.72 bits per heavy atom. The Balaban J connectivity index is 1.86. The quantitative estimate of drug-likeness (QED) is 0.321. The van der Waals surface area contributed by atoms with E-state index >= 15 is 0 Å². The third kappa shape index (κ3) is 7.11. The summed E-state index contributed by atoms with van der Waals surface area (Å²) in [4.78, 5) is 52.3. The molecule has 16 heteroatoms. The van der Waals surface area contributed by atoms with Crippen LogP contribution < -0.4 is 5.32 Å². The van der Waals surface area contributed by atoms with E-state index < -0.39 is 90.6 Å². The normalized spacial score (nSPS) is 14.4. The van der Waals surface area contributed by atoms with Gasteiger partial charge in [-0.2, -0.15) is 13.2 Å². The van der Waals surface area contributed by atoms with Gasteiger partial charge in [-0.15, -0.1) is 4.91 Å². The van der Waals surface area contributed by atoms with Gasteiger partial charge in [0.1, 0.15) is 11.4 Å². The van der Waals surface area contributed by atoms with Crippen molar-refractivity contribution in [1.29, 1.82) is 0 Å². The second kappa shape index (κ2) is 11.0. The molecule has 2 aromatic rings. The SMILES string of the molecule is CC(C)(C)OC(=O)NC(CC(=O)N1CCn2c(C(F)(F)F)nc(C(=O)N=O)c2C1)Cc1cc(F)c(F)cc1F. The molecular formula is C23H23F6N5O5. The van der Waals surface area contributed by atoms with Crippen molar-refractivity contribution in [3.8, 4) is 0 Å². The van der Waals surface area contributed by atoms with E-state index in [9.17, 15) is 45.6 Å². The number of ether oxygens (including phenoxy) is 1. The molecule has 0 saturated heterocycles. The van der Waals surface area contributed by atoms with E-state index in [0.717, 1.165) is 4.90 Å². The number of benzene rings is 1. The molecule has 2 heterocycles. The van der Waals surface area contributed by atoms with E-state index in [2.05, 4.69) is 15.5 Å². The van der Waals surface area contributed by atoms with Gasteiger partial charge in [-0.05, 0) is 38.8 Å². The van der Waals surface area contributed by atoms with Gasteiger partial charge in [0.05, 0.1) is 12.2 Å². The molecule has 0 radical (unpaired) electrons. The number of aromatic nitrogens is 2. The minimum Gasteiger partial charge on any atom is -0.444 e. The monoisotopic (exact) mass is 563 g/mol. The number of amides is 3. The molecule has 0 spiro atoms. The molecule has 3 rings (SSSR count). The van der Waals surface area contributed by atoms with Crippen LogP contribution in [0.4, 0.5) is 31.1 Å². The molecule has 0 saturated carbocycles. The first-order chi connectivity index (χ1) is 18.0. The zero-order valence-corrected chi connectivity index (χ0v) is 20.9. The molecule has 1 aliphatic heterocycles. The Kier molecular flexibility index (Phi) is 8.36. The van der Waals surface area contributed by atoms with E-state index in [0.29, 0.717) is 16.7 Å². The van der Waals surface area contributed by atoms with Crippen molar-refractivity contribution in [2.45, 2.75) is 64.5 Å². The molecule has 0 fully saturated rings. The molecule has 1 unspecified atom stereocenters. The lowest BCUT2D eigenvalue weighted by Gasteiger charge is -2.31. The van der Waals surface area contributed by atoms with E-state index in [4.69, 9.17) is 4.74 Å². The first kappa shape index (κ1) is 29.6. The van der Waals surface area contributed by atoms with Gasteiger partial charge in [-0.25, -0.2) is 22.9 Å². The lowest BCUT2D eigenvalue weighted by molar-refractivity contribution is -0.148. The molecule has 212 valence electrons. The minimum atomic E-state index is -4.96. The Morgan fingerprint density at radius 1 is 1.08 bits per heavy atom. The number of rotatable bonds is 6. The predicted octanol–water partition coefficient (Wildman–Crippen LogP) is 4.09. The summed E-state index contributed by atoms with van der Waals surface area (Å²) in [6.07, 6.45) is -7.00. The fourth-order valence-electron chi connectivity index (χ4n) is 3.99. The van der Waals surface area contributed by atoms with Gasteiger partial charge in [-0.3, -0.25) is 9.59 Å². The Bertz CT molecular complexity index is 1300. The lowest BCUT2D eigenvalue weighted by atomic mass is 10.0. The van der Waals surface area contributed by atoms with Crippen LogP contribution in [0.1, 0.15) is 54.8 Å². The fourth-order valence-corrected chi connectivity index (χ4v) is 3.99. The fraction of sp³-hybridized carbons (Fsp3) is 0.478. The van der Waals surface area contributed by atoms with Crippen molar-refractivity contribution in [2.24, 2.45) is 5.18 Å². The minimum absolute atomic E-state index is 0.272. The number of hydrogen-bond donors (Lipinski definition) is 1. The van der Waals surface area contributed by atoms with Crippen LogP contribution in [0, 0.1) is 22.4 Å². The van der Waals surface area contributed by atoms with Gasteiger partial charge < -0.3 is 19.5 Å². The van der Waals surface area contributed by atoms with Crippen LogP contribution in [0.25, 0.3) is 0 Å². The van der Waals surface area contributed by atoms with Gasteiger partial charge in [0, 0.05) is 36.8 Å². The summed E-state index contributed by atoms with van der Waals surface area (Å²) in [7, 11) is 0. The van der Waals surface area contributed by atoms with Gasteiger partial charge in [-0.1, -0.05) is 0 Å². The highest BCUT2D eigenvalue weighted by Gasteiger charge is 2.42. The van der Waals surface area contributed by atoms with Gasteiger partial charge >= 0.3 is 18.2 Å². The van der Waals surface area contributed by atoms with Crippen molar-refractivity contribution in [1.82, 2.24) is 19.8 Å². The third-order valence-electron chi connectivity index (χ3n) is 5.60. The first-order valence-corrected chi connectivity index (χ1v) is 11.4. The summed E-state index contributed by atoms with van der Waals surface area (Å²) in [6, 6.07) is -0.343. The highest BCUT2D eigenvalue weighted by atomic mass is 19.4. The number of nitroso groups, excluding NO2 is 1. The molecule has 0 bridgehead atoms. The zero-order valence-electron chi connectivity index (χ0n) is 20.9. The number of nitrogens with one attached hydrogen (secondary N) is 1. The number of fused-ring (bicyclic) bond motifs is 1. The second-order valence-electron chi connectivity index (χ2n) is 9.70. The highest BCUT2D eigenvalue weighted by Crippen LogP contribution is 2.33. The number of hydrogen-bond acceptors (Lipinski definition) is 6. The molecule has 1 aliphatic rings. The molecule has 1 N–H and O–H groups in total. The van der Waals surface area contributed by atoms with Crippen LogP contribution in [-0.2, 0) is 35.2 Å². The van der Waals surface area contributed by atoms with Gasteiger partial charge in [0.25, 0.3) is 0 Å². The van der Waals surface area contributed by atoms with Gasteiger partial charge in [0.2, 0.25) is 11.7 Å². The van der Waals surface area contributed by atoms with E-state index in [-0.39, 0.29) is 17.8 Å². The van der Waals surface area contributed by atoms with Crippen molar-refractivity contribution in [2.75, 3.05) is 6.54 Å². The smallest absolute Gasteiger partial charge is 0.444 e. The van der Waals surface area contributed by atoms with Crippen LogP contribution >= 0.6 is 0 Å². The van der Waals surface area contributed by atoms with E-state index in [1.807, 2.05) is 0 Å². The molecule has 0 aliphatic carbocycles. The Labute approximate surface area is 217 Å². The van der Waals surface area contributed by atoms with Crippen LogP contribution in [-0.4, -0.2) is 50.5 Å². The van der Waals surface area contributed by atoms with Crippen LogP contribution in [0.3, 0.4) is 0 Å². The molecule has 3 amide bonds. The Hall–Kier alpha value is -3.98. The summed E-state index contributed by atoms with van der Waals surface area (Å²) < 4.78 is 87.4. The topological polar surface area (TPSA) is 123 Å². The number of alkyl carbamates (subject to hydrolysis) is 1. The average Bonchev–Trinajstić information content (AvgIpc) is 3.20. The summed E-state index contributed by atoms with van der Waals surface area (Å²) in [6.45, 7) is 3.41. The summed E-state index contributed by atoms with van der Waals surface area (Å²) in [5.41, 5.74) is -2.54. The summed E-state index contributed by atoms with van der Waals surface area (Å²) in [5.74, 6) is -7.68. The van der Waals surface area contributed by atoms with E-state index in [1.54, 1.807) is 20.8 Å². The average molecular weight is 563 g/mol. The first-order valence-electron chi connectivity index (χ1n) is 11.4. The largest absolute Gasteiger partial charge is 0.449 e. The second-order valence-corrected chi connectivity index (χ2v) is 9.70. The number of halogens is 6. The molecular weight excluding hydrogens is 540 g/mol. The standard InChI is InChI=1S/C23H23F6N5O5/c1-22(2,3)39-21(37)30-12(6-11-7-14(25)15(26)9-13(11)24)8-17(35)33-4-5-34-16(10-33)18(19(36)32-38)31-20(34)23(27,28)29/h7,9,12H,4-6,8,10H2,1-3H3,(H,30,37). The molecule has 1 aromatic carbocycles. The molecule has 1 aromatic heterocycles. The molecule has 39 heavy (non-hydrogen) atoms. The third-order valence-corrected chi connectivity index (χ3v) is 5.60. The summed E-state index contributed by atoms with van der Waals surface area (Å²) in [5, 5.41) is 4.49. The van der Waals surface area contributed by atoms with Crippen molar-refractivity contribution >= 4 is 17.9 Å². The van der Waals surface area contributed by atoms with Crippen molar-refractivity contribution < 1.29 is 45.5 Å². The molecule has 10 nitrogen and oxygen atoms in total. The van der Waals surface area contributed by atoms with Gasteiger partial charge in [0.15, 0.2) is 17.3 Å². The number of alkyl halides is 3. The van der Waals surface area contributed by atoms with Crippen LogP contribution in [0.5, 0.6) is 0 Å². The molecule has 1 atom stereocenters. The van der Waals surface area contributed by atoms with Crippen molar-refractivity contribution in [3.05, 3.63) is 57.3 Å². The maximum Gasteiger partial charge on any atom is 0.449 e. The number of nitrogens with zero attached hydrogens (tertiary/aromatic N) is 4. The van der Waals surface area contributed by atoms with Crippen LogP contribution in [0.15, 0.2) is 17.3 Å². The number of carbonyl (C=O) groups is 3. The number of carbonyl (C=O) groups excluding carboxylic acids is 3. The highest BCUT2D eigenvalue weighted by molar-refractivity contribution is 5.94. The maximum atomic E-state index is 14.3. The van der Waals surface area contributed by atoms with Crippen molar-refractivity contribution in [3.63, 3.8) is 0 Å². The lowest BCUT2D eigenvalue weighted by Crippen LogP contribution is -2.45. The summed E-state index contributed by atoms with van der Waals surface area (Å²) >= 11 is 0. The predicted molar refractivity (Wildman–Crippen MR) is 121 cm³/mol. The van der Waals surface area contributed by atoms with E-state index in [1.165, 1.54) is 0 Å². The Morgan fingerprint density at radius 3 is 2.31 bits per heavy atom. The maximum absolute atomic E-state index is 14.3. The number of imidazole rings is 1.